The Hall–Kier alpha value is -2.02. The second-order valence-corrected chi connectivity index (χ2v) is 8.84. The first-order valence-corrected chi connectivity index (χ1v) is 9.65. The topological polar surface area (TPSA) is 72.4 Å². The SMILES string of the molecule is CC(C)(C)OC(=O)N1CCC([S@@](=O)c2cnc3ccccc3n2)CC1. The molecule has 1 aliphatic rings. The molecule has 2 aromatic rings. The van der Waals surface area contributed by atoms with E-state index in [1.165, 1.54) is 0 Å². The molecule has 1 amide bonds. The normalized spacial score (nSPS) is 17.5. The van der Waals surface area contributed by atoms with E-state index >= 15 is 0 Å². The number of benzene rings is 1. The van der Waals surface area contributed by atoms with Gasteiger partial charge in [0.25, 0.3) is 0 Å². The van der Waals surface area contributed by atoms with Gasteiger partial charge in [0, 0.05) is 18.3 Å². The number of likely N-dealkylation sites (tertiary alicyclic amines) is 1. The fourth-order valence-corrected chi connectivity index (χ4v) is 4.11. The van der Waals surface area contributed by atoms with E-state index in [9.17, 15) is 9.00 Å². The third-order valence-corrected chi connectivity index (χ3v) is 5.71. The highest BCUT2D eigenvalue weighted by atomic mass is 32.2. The summed E-state index contributed by atoms with van der Waals surface area (Å²) >= 11 is 0. The molecular formula is C18H23N3O3S. The number of para-hydroxylation sites is 2. The lowest BCUT2D eigenvalue weighted by Crippen LogP contribution is -2.43. The number of carbonyl (C=O) groups is 1. The second-order valence-electron chi connectivity index (χ2n) is 7.16. The van der Waals surface area contributed by atoms with E-state index in [4.69, 9.17) is 4.74 Å². The molecule has 6 nitrogen and oxygen atoms in total. The number of piperidine rings is 1. The molecular weight excluding hydrogens is 338 g/mol. The lowest BCUT2D eigenvalue weighted by molar-refractivity contribution is 0.0218. The molecule has 0 unspecified atom stereocenters. The van der Waals surface area contributed by atoms with Gasteiger partial charge in [-0.15, -0.1) is 0 Å². The standard InChI is InChI=1S/C18H23N3O3S/c1-18(2,3)24-17(22)21-10-8-13(9-11-21)25(23)16-12-19-14-6-4-5-7-15(14)20-16/h4-7,12-13H,8-11H2,1-3H3/t25-/m1/s1. The molecule has 2 heterocycles. The van der Waals surface area contributed by atoms with Crippen LogP contribution in [0.2, 0.25) is 0 Å². The Morgan fingerprint density at radius 2 is 1.84 bits per heavy atom. The molecule has 1 aliphatic heterocycles. The summed E-state index contributed by atoms with van der Waals surface area (Å²) in [7, 11) is -1.23. The van der Waals surface area contributed by atoms with Crippen molar-refractivity contribution in [2.45, 2.75) is 49.5 Å². The fourth-order valence-electron chi connectivity index (χ4n) is 2.79. The van der Waals surface area contributed by atoms with Crippen LogP contribution in [0, 0.1) is 0 Å². The van der Waals surface area contributed by atoms with Gasteiger partial charge in [0.15, 0.2) is 0 Å². The monoisotopic (exact) mass is 361 g/mol. The Labute approximate surface area is 150 Å². The average Bonchev–Trinajstić information content (AvgIpc) is 2.59. The predicted octanol–water partition coefficient (Wildman–Crippen LogP) is 3.14. The van der Waals surface area contributed by atoms with Gasteiger partial charge in [0.05, 0.1) is 28.0 Å². The first-order valence-electron chi connectivity index (χ1n) is 8.44. The van der Waals surface area contributed by atoms with E-state index in [0.717, 1.165) is 11.0 Å². The van der Waals surface area contributed by atoms with Crippen molar-refractivity contribution in [3.05, 3.63) is 30.5 Å². The number of aromatic nitrogens is 2. The van der Waals surface area contributed by atoms with Gasteiger partial charge in [0.1, 0.15) is 10.6 Å². The highest BCUT2D eigenvalue weighted by molar-refractivity contribution is 7.85. The quantitative estimate of drug-likeness (QED) is 0.822. The maximum atomic E-state index is 12.8. The lowest BCUT2D eigenvalue weighted by atomic mass is 10.1. The molecule has 134 valence electrons. The number of fused-ring (bicyclic) bond motifs is 1. The van der Waals surface area contributed by atoms with E-state index in [0.29, 0.717) is 31.0 Å². The van der Waals surface area contributed by atoms with Crippen molar-refractivity contribution in [1.82, 2.24) is 14.9 Å². The van der Waals surface area contributed by atoms with Gasteiger partial charge in [-0.2, -0.15) is 0 Å². The van der Waals surface area contributed by atoms with Crippen LogP contribution in [0.15, 0.2) is 35.5 Å². The van der Waals surface area contributed by atoms with Crippen molar-refractivity contribution in [3.63, 3.8) is 0 Å². The van der Waals surface area contributed by atoms with Gasteiger partial charge in [-0.25, -0.2) is 9.78 Å². The van der Waals surface area contributed by atoms with Crippen LogP contribution in [0.4, 0.5) is 4.79 Å². The number of hydrogen-bond acceptors (Lipinski definition) is 5. The van der Waals surface area contributed by atoms with Gasteiger partial charge < -0.3 is 9.64 Å². The Bertz CT molecular complexity index is 795. The summed E-state index contributed by atoms with van der Waals surface area (Å²) in [5.41, 5.74) is 1.04. The number of hydrogen-bond donors (Lipinski definition) is 0. The van der Waals surface area contributed by atoms with Gasteiger partial charge >= 0.3 is 6.09 Å². The van der Waals surface area contributed by atoms with Crippen LogP contribution in [-0.2, 0) is 15.5 Å². The molecule has 0 radical (unpaired) electrons. The van der Waals surface area contributed by atoms with E-state index in [-0.39, 0.29) is 11.3 Å². The summed E-state index contributed by atoms with van der Waals surface area (Å²) in [6.45, 7) is 6.65. The van der Waals surface area contributed by atoms with Gasteiger partial charge in [-0.3, -0.25) is 9.19 Å². The van der Waals surface area contributed by atoms with Gasteiger partial charge in [-0.05, 0) is 45.7 Å². The van der Waals surface area contributed by atoms with Gasteiger partial charge in [0.2, 0.25) is 0 Å². The van der Waals surface area contributed by atoms with E-state index in [1.807, 2.05) is 45.0 Å². The largest absolute Gasteiger partial charge is 0.444 e. The summed E-state index contributed by atoms with van der Waals surface area (Å²) in [5, 5.41) is 0.489. The molecule has 1 aromatic carbocycles. The number of ether oxygens (including phenoxy) is 1. The third kappa shape index (κ3) is 4.34. The summed E-state index contributed by atoms with van der Waals surface area (Å²) in [5.74, 6) is 0. The third-order valence-electron chi connectivity index (χ3n) is 4.03. The molecule has 0 aliphatic carbocycles. The van der Waals surface area contributed by atoms with Crippen LogP contribution < -0.4 is 0 Å². The van der Waals surface area contributed by atoms with Crippen LogP contribution in [0.5, 0.6) is 0 Å². The van der Waals surface area contributed by atoms with Crippen LogP contribution in [-0.4, -0.2) is 49.1 Å². The Morgan fingerprint density at radius 1 is 1.20 bits per heavy atom. The van der Waals surface area contributed by atoms with Gasteiger partial charge in [-0.1, -0.05) is 12.1 Å². The first-order chi connectivity index (χ1) is 11.8. The minimum atomic E-state index is -1.23. The highest BCUT2D eigenvalue weighted by Gasteiger charge is 2.30. The first kappa shape index (κ1) is 17.8. The molecule has 1 atom stereocenters. The predicted molar refractivity (Wildman–Crippen MR) is 96.8 cm³/mol. The van der Waals surface area contributed by atoms with Crippen molar-refractivity contribution in [3.8, 4) is 0 Å². The number of amides is 1. The van der Waals surface area contributed by atoms with E-state index in [2.05, 4.69) is 9.97 Å². The summed E-state index contributed by atoms with van der Waals surface area (Å²) < 4.78 is 18.2. The number of nitrogens with zero attached hydrogens (tertiary/aromatic N) is 3. The van der Waals surface area contributed by atoms with Crippen molar-refractivity contribution in [1.29, 1.82) is 0 Å². The molecule has 7 heteroatoms. The van der Waals surface area contributed by atoms with Crippen LogP contribution >= 0.6 is 0 Å². The molecule has 1 aromatic heterocycles. The van der Waals surface area contributed by atoms with E-state index < -0.39 is 16.4 Å². The van der Waals surface area contributed by atoms with Crippen LogP contribution in [0.1, 0.15) is 33.6 Å². The Kier molecular flexibility index (Phi) is 5.03. The zero-order valence-electron chi connectivity index (χ0n) is 14.8. The van der Waals surface area contributed by atoms with Crippen LogP contribution in [0.25, 0.3) is 11.0 Å². The van der Waals surface area contributed by atoms with Crippen LogP contribution in [0.3, 0.4) is 0 Å². The highest BCUT2D eigenvalue weighted by Crippen LogP contribution is 2.22. The average molecular weight is 361 g/mol. The number of rotatable bonds is 2. The minimum absolute atomic E-state index is 0.0193. The Morgan fingerprint density at radius 3 is 2.48 bits per heavy atom. The van der Waals surface area contributed by atoms with Crippen molar-refractivity contribution in [2.75, 3.05) is 13.1 Å². The molecule has 0 saturated carbocycles. The summed E-state index contributed by atoms with van der Waals surface area (Å²) in [6, 6.07) is 7.55. The maximum Gasteiger partial charge on any atom is 0.410 e. The smallest absolute Gasteiger partial charge is 0.410 e. The van der Waals surface area contributed by atoms with Crippen molar-refractivity contribution in [2.24, 2.45) is 0 Å². The molecule has 1 fully saturated rings. The summed E-state index contributed by atoms with van der Waals surface area (Å²) in [4.78, 5) is 22.6. The molecule has 25 heavy (non-hydrogen) atoms. The second kappa shape index (κ2) is 7.07. The molecule has 0 N–H and O–H groups in total. The zero-order valence-corrected chi connectivity index (χ0v) is 15.6. The molecule has 0 bridgehead atoms. The summed E-state index contributed by atoms with van der Waals surface area (Å²) in [6.07, 6.45) is 2.63. The minimum Gasteiger partial charge on any atom is -0.444 e. The van der Waals surface area contributed by atoms with E-state index in [1.54, 1.807) is 11.1 Å². The fraction of sp³-hybridized carbons (Fsp3) is 0.500. The van der Waals surface area contributed by atoms with Crippen molar-refractivity contribution < 1.29 is 13.7 Å². The Balaban J connectivity index is 1.63. The molecule has 1 saturated heterocycles. The lowest BCUT2D eigenvalue weighted by Gasteiger charge is -2.32. The maximum absolute atomic E-state index is 12.8. The molecule has 0 spiro atoms. The molecule has 3 rings (SSSR count). The van der Waals surface area contributed by atoms with Crippen molar-refractivity contribution >= 4 is 27.9 Å². The zero-order chi connectivity index (χ0) is 18.0. The number of carbonyl (C=O) groups excluding carboxylic acids is 1.